The number of carbonyl (C=O) groups excluding carboxylic acids is 1. The summed E-state index contributed by atoms with van der Waals surface area (Å²) in [6.07, 6.45) is 8.71. The van der Waals surface area contributed by atoms with Gasteiger partial charge in [-0.15, -0.1) is 12.4 Å². The van der Waals surface area contributed by atoms with Gasteiger partial charge in [0.15, 0.2) is 0 Å². The fourth-order valence-electron chi connectivity index (χ4n) is 4.86. The zero-order chi connectivity index (χ0) is 25.0. The van der Waals surface area contributed by atoms with E-state index < -0.39 is 0 Å². The SMILES string of the molecule is CCCN(CCC)C(=O)N1CCN(CCCCCCNc2cc(OC)cc3c(C)ccnc23)CC1.Cl. The van der Waals surface area contributed by atoms with E-state index in [2.05, 4.69) is 42.0 Å². The van der Waals surface area contributed by atoms with Crippen LogP contribution in [0.25, 0.3) is 10.9 Å². The molecule has 1 aliphatic rings. The van der Waals surface area contributed by atoms with Crippen LogP contribution in [-0.2, 0) is 0 Å². The number of carbonyl (C=O) groups is 1. The third kappa shape index (κ3) is 8.41. The van der Waals surface area contributed by atoms with E-state index in [1.165, 1.54) is 24.8 Å². The maximum Gasteiger partial charge on any atom is 0.320 e. The van der Waals surface area contributed by atoms with Crippen molar-refractivity contribution in [1.29, 1.82) is 0 Å². The Morgan fingerprint density at radius 1 is 1.06 bits per heavy atom. The molecule has 202 valence electrons. The normalized spacial score (nSPS) is 13.9. The van der Waals surface area contributed by atoms with Crippen LogP contribution in [0.3, 0.4) is 0 Å². The van der Waals surface area contributed by atoms with Crippen molar-refractivity contribution in [3.8, 4) is 5.75 Å². The van der Waals surface area contributed by atoms with Gasteiger partial charge >= 0.3 is 6.03 Å². The van der Waals surface area contributed by atoms with Gasteiger partial charge in [-0.2, -0.15) is 0 Å². The molecule has 8 heteroatoms. The maximum atomic E-state index is 12.8. The number of aryl methyl sites for hydroxylation is 1. The molecule has 1 aliphatic heterocycles. The van der Waals surface area contributed by atoms with Gasteiger partial charge in [-0.05, 0) is 56.8 Å². The molecule has 0 saturated carbocycles. The number of urea groups is 1. The number of fused-ring (bicyclic) bond motifs is 1. The van der Waals surface area contributed by atoms with Crippen LogP contribution < -0.4 is 10.1 Å². The summed E-state index contributed by atoms with van der Waals surface area (Å²) in [6.45, 7) is 13.9. The number of methoxy groups -OCH3 is 1. The second-order valence-corrected chi connectivity index (χ2v) is 9.64. The number of pyridine rings is 1. The molecular weight excluding hydrogens is 474 g/mol. The van der Waals surface area contributed by atoms with Gasteiger partial charge in [0.05, 0.1) is 18.3 Å². The highest BCUT2D eigenvalue weighted by Gasteiger charge is 2.24. The molecule has 2 aromatic rings. The Kier molecular flexibility index (Phi) is 13.1. The van der Waals surface area contributed by atoms with E-state index in [9.17, 15) is 4.79 Å². The summed E-state index contributed by atoms with van der Waals surface area (Å²) >= 11 is 0. The van der Waals surface area contributed by atoms with Crippen molar-refractivity contribution in [2.24, 2.45) is 0 Å². The number of hydrogen-bond acceptors (Lipinski definition) is 5. The highest BCUT2D eigenvalue weighted by molar-refractivity contribution is 5.93. The van der Waals surface area contributed by atoms with Crippen LogP contribution in [0.15, 0.2) is 24.4 Å². The molecule has 2 amide bonds. The Labute approximate surface area is 224 Å². The molecule has 1 N–H and O–H groups in total. The number of hydrogen-bond donors (Lipinski definition) is 1. The molecular formula is C28H46ClN5O2. The van der Waals surface area contributed by atoms with Crippen molar-refractivity contribution in [2.45, 2.75) is 59.3 Å². The highest BCUT2D eigenvalue weighted by Crippen LogP contribution is 2.29. The molecule has 1 saturated heterocycles. The number of nitrogens with zero attached hydrogens (tertiary/aromatic N) is 4. The van der Waals surface area contributed by atoms with Gasteiger partial charge in [0.1, 0.15) is 5.75 Å². The number of amides is 2. The molecule has 2 heterocycles. The van der Waals surface area contributed by atoms with Gasteiger partial charge in [-0.25, -0.2) is 4.79 Å². The van der Waals surface area contributed by atoms with Crippen LogP contribution in [0.4, 0.5) is 10.5 Å². The van der Waals surface area contributed by atoms with E-state index in [-0.39, 0.29) is 18.4 Å². The quantitative estimate of drug-likeness (QED) is 0.338. The fourth-order valence-corrected chi connectivity index (χ4v) is 4.86. The summed E-state index contributed by atoms with van der Waals surface area (Å²) in [6, 6.07) is 6.38. The molecule has 0 spiro atoms. The van der Waals surface area contributed by atoms with Crippen molar-refractivity contribution < 1.29 is 9.53 Å². The molecule has 1 aromatic heterocycles. The number of unbranched alkanes of at least 4 members (excludes halogenated alkanes) is 3. The van der Waals surface area contributed by atoms with Gasteiger partial charge in [0.2, 0.25) is 0 Å². The topological polar surface area (TPSA) is 60.9 Å². The lowest BCUT2D eigenvalue weighted by molar-refractivity contribution is 0.111. The number of benzene rings is 1. The van der Waals surface area contributed by atoms with Crippen LogP contribution in [-0.4, -0.2) is 85.2 Å². The first-order valence-corrected chi connectivity index (χ1v) is 13.5. The molecule has 0 unspecified atom stereocenters. The number of aromatic nitrogens is 1. The minimum atomic E-state index is 0. The van der Waals surface area contributed by atoms with Gasteiger partial charge in [-0.1, -0.05) is 26.7 Å². The second kappa shape index (κ2) is 15.8. The Balaban J connectivity index is 0.00000456. The minimum Gasteiger partial charge on any atom is -0.497 e. The predicted molar refractivity (Wildman–Crippen MR) is 153 cm³/mol. The van der Waals surface area contributed by atoms with Crippen molar-refractivity contribution in [2.75, 3.05) is 64.8 Å². The molecule has 0 bridgehead atoms. The number of nitrogens with one attached hydrogen (secondary N) is 1. The molecule has 3 rings (SSSR count). The lowest BCUT2D eigenvalue weighted by Crippen LogP contribution is -2.53. The molecule has 7 nitrogen and oxygen atoms in total. The second-order valence-electron chi connectivity index (χ2n) is 9.64. The fraction of sp³-hybridized carbons (Fsp3) is 0.643. The van der Waals surface area contributed by atoms with Gasteiger partial charge < -0.3 is 19.9 Å². The van der Waals surface area contributed by atoms with E-state index in [0.29, 0.717) is 0 Å². The average Bonchev–Trinajstić information content (AvgIpc) is 2.88. The first kappa shape index (κ1) is 30.0. The summed E-state index contributed by atoms with van der Waals surface area (Å²) < 4.78 is 5.49. The first-order valence-electron chi connectivity index (χ1n) is 13.5. The first-order chi connectivity index (χ1) is 17.1. The molecule has 1 aromatic carbocycles. The van der Waals surface area contributed by atoms with Crippen molar-refractivity contribution in [3.05, 3.63) is 30.0 Å². The predicted octanol–water partition coefficient (Wildman–Crippen LogP) is 5.81. The van der Waals surface area contributed by atoms with E-state index in [1.54, 1.807) is 7.11 Å². The van der Waals surface area contributed by atoms with Crippen LogP contribution in [0.1, 0.15) is 57.9 Å². The molecule has 0 radical (unpaired) electrons. The molecule has 0 atom stereocenters. The molecule has 0 aliphatic carbocycles. The third-order valence-corrected chi connectivity index (χ3v) is 6.89. The largest absolute Gasteiger partial charge is 0.497 e. The van der Waals surface area contributed by atoms with Crippen LogP contribution in [0.2, 0.25) is 0 Å². The van der Waals surface area contributed by atoms with Crippen LogP contribution >= 0.6 is 12.4 Å². The van der Waals surface area contributed by atoms with Gasteiger partial charge in [-0.3, -0.25) is 9.88 Å². The summed E-state index contributed by atoms with van der Waals surface area (Å²) in [5, 5.41) is 4.72. The van der Waals surface area contributed by atoms with Gasteiger partial charge in [0.25, 0.3) is 0 Å². The monoisotopic (exact) mass is 519 g/mol. The molecule has 36 heavy (non-hydrogen) atoms. The van der Waals surface area contributed by atoms with Crippen LogP contribution in [0, 0.1) is 6.92 Å². The summed E-state index contributed by atoms with van der Waals surface area (Å²) in [7, 11) is 1.71. The number of anilines is 1. The van der Waals surface area contributed by atoms with Crippen molar-refractivity contribution >= 4 is 35.0 Å². The van der Waals surface area contributed by atoms with E-state index in [4.69, 9.17) is 4.74 Å². The van der Waals surface area contributed by atoms with E-state index in [0.717, 1.165) is 94.0 Å². The van der Waals surface area contributed by atoms with Crippen molar-refractivity contribution in [3.63, 3.8) is 0 Å². The lowest BCUT2D eigenvalue weighted by Gasteiger charge is -2.37. The number of piperazine rings is 1. The smallest absolute Gasteiger partial charge is 0.320 e. The number of ether oxygens (including phenoxy) is 1. The minimum absolute atomic E-state index is 0. The lowest BCUT2D eigenvalue weighted by atomic mass is 10.1. The van der Waals surface area contributed by atoms with Crippen molar-refractivity contribution in [1.82, 2.24) is 19.7 Å². The molecule has 1 fully saturated rings. The summed E-state index contributed by atoms with van der Waals surface area (Å²) in [5.74, 6) is 0.862. The zero-order valence-electron chi connectivity index (χ0n) is 22.7. The van der Waals surface area contributed by atoms with Gasteiger partial charge in [0, 0.05) is 63.5 Å². The number of rotatable bonds is 13. The summed E-state index contributed by atoms with van der Waals surface area (Å²) in [4.78, 5) is 24.0. The number of halogens is 1. The van der Waals surface area contributed by atoms with E-state index in [1.807, 2.05) is 28.1 Å². The summed E-state index contributed by atoms with van der Waals surface area (Å²) in [5.41, 5.74) is 3.27. The van der Waals surface area contributed by atoms with E-state index >= 15 is 0 Å². The zero-order valence-corrected chi connectivity index (χ0v) is 23.5. The van der Waals surface area contributed by atoms with Crippen LogP contribution in [0.5, 0.6) is 5.75 Å². The average molecular weight is 520 g/mol. The Bertz CT molecular complexity index is 928. The third-order valence-electron chi connectivity index (χ3n) is 6.89. The standard InChI is InChI=1S/C28H45N5O2.ClH/c1-5-14-32(15-6-2)28(34)33-19-17-31(18-20-33)16-10-8-7-9-12-29-26-22-24(35-4)21-25-23(3)11-13-30-27(25)26;/h11,13,21-22,29H,5-10,12,14-20H2,1-4H3;1H. The maximum absolute atomic E-state index is 12.8. The Hall–Kier alpha value is -2.25. The Morgan fingerprint density at radius 2 is 1.75 bits per heavy atom. The highest BCUT2D eigenvalue weighted by atomic mass is 35.5. The Morgan fingerprint density at radius 3 is 2.42 bits per heavy atom.